The number of thiazole rings is 1. The number of ether oxygens (including phenoxy) is 3. The maximum Gasteiger partial charge on any atom is 0.260 e. The number of carbonyl (C=O) groups is 1. The van der Waals surface area contributed by atoms with Gasteiger partial charge in [-0.2, -0.15) is 0 Å². The van der Waals surface area contributed by atoms with Gasteiger partial charge < -0.3 is 14.2 Å². The summed E-state index contributed by atoms with van der Waals surface area (Å²) in [6.45, 7) is 4.15. The van der Waals surface area contributed by atoms with Crippen LogP contribution in [0, 0.1) is 6.92 Å². The number of aryl methyl sites for hydroxylation is 1. The van der Waals surface area contributed by atoms with Crippen molar-refractivity contribution in [2.75, 3.05) is 31.3 Å². The Balaban J connectivity index is 1.53. The summed E-state index contributed by atoms with van der Waals surface area (Å²) >= 11 is 7.70. The Labute approximate surface area is 183 Å². The molecule has 0 spiro atoms. The van der Waals surface area contributed by atoms with E-state index in [1.165, 1.54) is 11.3 Å². The molecule has 1 unspecified atom stereocenters. The Morgan fingerprint density at radius 3 is 2.83 bits per heavy atom. The van der Waals surface area contributed by atoms with E-state index in [9.17, 15) is 4.79 Å². The van der Waals surface area contributed by atoms with Crippen molar-refractivity contribution in [3.8, 4) is 11.5 Å². The third kappa shape index (κ3) is 3.73. The van der Waals surface area contributed by atoms with Crippen LogP contribution >= 0.6 is 22.9 Å². The van der Waals surface area contributed by atoms with Crippen LogP contribution in [0.5, 0.6) is 11.5 Å². The van der Waals surface area contributed by atoms with E-state index in [-0.39, 0.29) is 12.0 Å². The van der Waals surface area contributed by atoms with E-state index < -0.39 is 0 Å². The largest absolute Gasteiger partial charge is 0.486 e. The molecule has 1 amide bonds. The molecule has 2 aliphatic heterocycles. The maximum absolute atomic E-state index is 13.6. The van der Waals surface area contributed by atoms with Crippen LogP contribution < -0.4 is 14.4 Å². The maximum atomic E-state index is 13.6. The normalized spacial score (nSPS) is 18.0. The van der Waals surface area contributed by atoms with Gasteiger partial charge in [0.2, 0.25) is 0 Å². The minimum Gasteiger partial charge on any atom is -0.486 e. The monoisotopic (exact) mass is 444 g/mol. The molecule has 156 valence electrons. The molecule has 0 bridgehead atoms. The molecular weight excluding hydrogens is 424 g/mol. The van der Waals surface area contributed by atoms with Crippen LogP contribution in [0.3, 0.4) is 0 Å². The first-order chi connectivity index (χ1) is 14.6. The second kappa shape index (κ2) is 8.06. The van der Waals surface area contributed by atoms with Gasteiger partial charge in [-0.1, -0.05) is 22.9 Å². The highest BCUT2D eigenvalue weighted by Gasteiger charge is 2.28. The number of amides is 1. The van der Waals surface area contributed by atoms with Gasteiger partial charge in [0.1, 0.15) is 13.2 Å². The highest BCUT2D eigenvalue weighted by molar-refractivity contribution is 7.22. The molecule has 1 fully saturated rings. The van der Waals surface area contributed by atoms with Crippen molar-refractivity contribution in [3.05, 3.63) is 46.5 Å². The third-order valence-electron chi connectivity index (χ3n) is 5.31. The van der Waals surface area contributed by atoms with Crippen LogP contribution in [-0.2, 0) is 4.74 Å². The predicted octanol–water partition coefficient (Wildman–Crippen LogP) is 4.86. The Bertz CT molecular complexity index is 1110. The van der Waals surface area contributed by atoms with Gasteiger partial charge in [0.15, 0.2) is 16.6 Å². The van der Waals surface area contributed by atoms with Crippen molar-refractivity contribution in [2.45, 2.75) is 25.9 Å². The van der Waals surface area contributed by atoms with Crippen LogP contribution in [0.4, 0.5) is 5.13 Å². The van der Waals surface area contributed by atoms with Crippen molar-refractivity contribution >= 4 is 44.2 Å². The molecule has 2 aromatic carbocycles. The zero-order valence-corrected chi connectivity index (χ0v) is 18.1. The van der Waals surface area contributed by atoms with Crippen LogP contribution in [-0.4, -0.2) is 43.4 Å². The van der Waals surface area contributed by atoms with E-state index in [1.807, 2.05) is 19.1 Å². The molecule has 3 heterocycles. The zero-order chi connectivity index (χ0) is 20.7. The summed E-state index contributed by atoms with van der Waals surface area (Å²) in [5, 5.41) is 1.31. The van der Waals surface area contributed by atoms with Crippen molar-refractivity contribution in [2.24, 2.45) is 0 Å². The summed E-state index contributed by atoms with van der Waals surface area (Å²) in [4.78, 5) is 20.1. The minimum atomic E-state index is -0.134. The van der Waals surface area contributed by atoms with Gasteiger partial charge in [-0.3, -0.25) is 9.69 Å². The second-order valence-corrected chi connectivity index (χ2v) is 8.92. The second-order valence-electron chi connectivity index (χ2n) is 7.48. The molecule has 1 aromatic heterocycles. The quantitative estimate of drug-likeness (QED) is 0.575. The van der Waals surface area contributed by atoms with Gasteiger partial charge in [-0.15, -0.1) is 0 Å². The SMILES string of the molecule is Cc1cc(Cl)cc2sc(N(CC3CCCO3)C(=O)c3ccc4c(c3)OCCO4)nc12. The van der Waals surface area contributed by atoms with Gasteiger partial charge in [0.05, 0.1) is 22.9 Å². The van der Waals surface area contributed by atoms with E-state index in [2.05, 4.69) is 0 Å². The van der Waals surface area contributed by atoms with Gasteiger partial charge in [-0.05, 0) is 55.7 Å². The summed E-state index contributed by atoms with van der Waals surface area (Å²) in [6.07, 6.45) is 1.94. The summed E-state index contributed by atoms with van der Waals surface area (Å²) < 4.78 is 18.0. The fourth-order valence-corrected chi connectivity index (χ4v) is 5.26. The highest BCUT2D eigenvalue weighted by Crippen LogP contribution is 2.36. The van der Waals surface area contributed by atoms with Crippen LogP contribution in [0.1, 0.15) is 28.8 Å². The Morgan fingerprint density at radius 1 is 1.20 bits per heavy atom. The summed E-state index contributed by atoms with van der Waals surface area (Å²) in [7, 11) is 0. The molecule has 8 heteroatoms. The summed E-state index contributed by atoms with van der Waals surface area (Å²) in [6, 6.07) is 9.08. The molecule has 3 aromatic rings. The van der Waals surface area contributed by atoms with Gasteiger partial charge >= 0.3 is 0 Å². The van der Waals surface area contributed by atoms with E-state index >= 15 is 0 Å². The first-order valence-electron chi connectivity index (χ1n) is 9.98. The molecule has 0 saturated carbocycles. The minimum absolute atomic E-state index is 0.00265. The van der Waals surface area contributed by atoms with E-state index in [4.69, 9.17) is 30.8 Å². The number of fused-ring (bicyclic) bond motifs is 2. The molecule has 30 heavy (non-hydrogen) atoms. The Kier molecular flexibility index (Phi) is 5.26. The lowest BCUT2D eigenvalue weighted by atomic mass is 10.1. The molecular formula is C22H21ClN2O4S. The third-order valence-corrected chi connectivity index (χ3v) is 6.56. The fraction of sp³-hybridized carbons (Fsp3) is 0.364. The number of nitrogens with zero attached hydrogens (tertiary/aromatic N) is 2. The Morgan fingerprint density at radius 2 is 2.03 bits per heavy atom. The molecule has 2 aliphatic rings. The molecule has 0 N–H and O–H groups in total. The average molecular weight is 445 g/mol. The molecule has 1 atom stereocenters. The first-order valence-corrected chi connectivity index (χ1v) is 11.2. The number of carbonyl (C=O) groups excluding carboxylic acids is 1. The number of aromatic nitrogens is 1. The molecule has 5 rings (SSSR count). The molecule has 1 saturated heterocycles. The summed E-state index contributed by atoms with van der Waals surface area (Å²) in [5.41, 5.74) is 2.39. The van der Waals surface area contributed by atoms with Crippen LogP contribution in [0.25, 0.3) is 10.2 Å². The van der Waals surface area contributed by atoms with Crippen molar-refractivity contribution in [1.82, 2.24) is 4.98 Å². The fourth-order valence-electron chi connectivity index (χ4n) is 3.83. The van der Waals surface area contributed by atoms with E-state index in [1.54, 1.807) is 23.1 Å². The van der Waals surface area contributed by atoms with E-state index in [0.29, 0.717) is 47.0 Å². The number of anilines is 1. The number of hydrogen-bond donors (Lipinski definition) is 0. The number of rotatable bonds is 4. The lowest BCUT2D eigenvalue weighted by molar-refractivity contribution is 0.0916. The topological polar surface area (TPSA) is 60.9 Å². The van der Waals surface area contributed by atoms with Crippen molar-refractivity contribution < 1.29 is 19.0 Å². The van der Waals surface area contributed by atoms with E-state index in [0.717, 1.165) is 35.2 Å². The lowest BCUT2D eigenvalue weighted by Gasteiger charge is -2.24. The molecule has 0 radical (unpaired) electrons. The van der Waals surface area contributed by atoms with Crippen LogP contribution in [0.15, 0.2) is 30.3 Å². The molecule has 6 nitrogen and oxygen atoms in total. The average Bonchev–Trinajstić information content (AvgIpc) is 3.41. The predicted molar refractivity (Wildman–Crippen MR) is 117 cm³/mol. The smallest absolute Gasteiger partial charge is 0.260 e. The van der Waals surface area contributed by atoms with Gasteiger partial charge in [0, 0.05) is 17.2 Å². The zero-order valence-electron chi connectivity index (χ0n) is 16.5. The standard InChI is InChI=1S/C22H21ClN2O4S/c1-13-9-15(23)11-19-20(13)24-22(30-19)25(12-16-3-2-6-27-16)21(26)14-4-5-17-18(10-14)29-8-7-28-17/h4-5,9-11,16H,2-3,6-8,12H2,1H3. The number of hydrogen-bond acceptors (Lipinski definition) is 6. The Hall–Kier alpha value is -2.35. The van der Waals surface area contributed by atoms with Crippen molar-refractivity contribution in [3.63, 3.8) is 0 Å². The van der Waals surface area contributed by atoms with Crippen molar-refractivity contribution in [1.29, 1.82) is 0 Å². The molecule has 0 aliphatic carbocycles. The first kappa shape index (κ1) is 19.6. The van der Waals surface area contributed by atoms with Gasteiger partial charge in [0.25, 0.3) is 5.91 Å². The lowest BCUT2D eigenvalue weighted by Crippen LogP contribution is -2.37. The van der Waals surface area contributed by atoms with Gasteiger partial charge in [-0.25, -0.2) is 4.98 Å². The summed E-state index contributed by atoms with van der Waals surface area (Å²) in [5.74, 6) is 1.12. The number of benzene rings is 2. The van der Waals surface area contributed by atoms with Crippen LogP contribution in [0.2, 0.25) is 5.02 Å². The highest BCUT2D eigenvalue weighted by atomic mass is 35.5. The number of halogens is 1.